The van der Waals surface area contributed by atoms with Crippen LogP contribution >= 0.6 is 0 Å². The molecule has 0 N–H and O–H groups in total. The fourth-order valence-corrected chi connectivity index (χ4v) is 5.78. The molecule has 0 aromatic heterocycles. The second kappa shape index (κ2) is 24.0. The molecule has 8 heteroatoms. The largest absolute Gasteiger partial charge is 0.490 e. The molecule has 0 atom stereocenters. The molecule has 0 spiro atoms. The van der Waals surface area contributed by atoms with Gasteiger partial charge in [-0.1, -0.05) is 118 Å². The number of ether oxygens (including phenoxy) is 4. The Morgan fingerprint density at radius 2 is 0.833 bits per heavy atom. The van der Waals surface area contributed by atoms with Gasteiger partial charge in [-0.3, -0.25) is 9.59 Å². The monoisotopic (exact) mass is 740 g/mol. The summed E-state index contributed by atoms with van der Waals surface area (Å²) in [4.78, 5) is 25.2. The molecule has 0 saturated carbocycles. The first kappa shape index (κ1) is 45.6. The number of carbonyl (C=O) groups is 2. The van der Waals surface area contributed by atoms with Crippen molar-refractivity contribution in [2.24, 2.45) is 10.8 Å². The Hall–Kier alpha value is -4.56. The number of hydrogen-bond donors (Lipinski definition) is 0. The van der Waals surface area contributed by atoms with E-state index in [9.17, 15) is 20.1 Å². The van der Waals surface area contributed by atoms with Gasteiger partial charge >= 0.3 is 0 Å². The summed E-state index contributed by atoms with van der Waals surface area (Å²) in [5.74, 6) is 2.23. The molecule has 0 amide bonds. The van der Waals surface area contributed by atoms with Crippen molar-refractivity contribution in [1.29, 1.82) is 10.5 Å². The van der Waals surface area contributed by atoms with Crippen molar-refractivity contribution in [3.8, 4) is 35.1 Å². The zero-order valence-electron chi connectivity index (χ0n) is 34.3. The van der Waals surface area contributed by atoms with E-state index in [1.165, 1.54) is 51.4 Å². The van der Waals surface area contributed by atoms with Crippen LogP contribution in [0.2, 0.25) is 0 Å². The Balaban J connectivity index is 1.60. The number of ketones is 2. The lowest BCUT2D eigenvalue weighted by molar-refractivity contribution is -0.122. The van der Waals surface area contributed by atoms with Crippen LogP contribution < -0.4 is 18.9 Å². The number of rotatable bonds is 25. The van der Waals surface area contributed by atoms with Crippen molar-refractivity contribution in [1.82, 2.24) is 0 Å². The van der Waals surface area contributed by atoms with Crippen LogP contribution in [0, 0.1) is 33.5 Å². The van der Waals surface area contributed by atoms with Crippen molar-refractivity contribution < 1.29 is 28.5 Å². The van der Waals surface area contributed by atoms with Crippen LogP contribution in [0.1, 0.15) is 144 Å². The van der Waals surface area contributed by atoms with E-state index in [0.717, 1.165) is 36.8 Å². The second-order valence-electron chi connectivity index (χ2n) is 15.7. The summed E-state index contributed by atoms with van der Waals surface area (Å²) in [7, 11) is 0. The molecule has 0 aliphatic rings. The summed E-state index contributed by atoms with van der Waals surface area (Å²) in [6.45, 7) is 16.9. The van der Waals surface area contributed by atoms with Gasteiger partial charge in [-0.2, -0.15) is 10.5 Å². The average Bonchev–Trinajstić information content (AvgIpc) is 3.12. The SMILES string of the molecule is CCOc1cc(C=C(C#N)C(=O)C(C)(C)C)ccc1OCCCCCCCCCCCCCCOc1ccc(C=C(C#N)C(=O)C(C)(C)C)cc1OCC. The summed E-state index contributed by atoms with van der Waals surface area (Å²) in [5, 5.41) is 19.1. The van der Waals surface area contributed by atoms with Crippen molar-refractivity contribution in [2.45, 2.75) is 132 Å². The molecule has 0 heterocycles. The summed E-state index contributed by atoms with van der Waals surface area (Å²) in [6.07, 6.45) is 17.4. The van der Waals surface area contributed by atoms with Crippen LogP contribution in [0.4, 0.5) is 0 Å². The van der Waals surface area contributed by atoms with Gasteiger partial charge in [0.05, 0.1) is 37.6 Å². The average molecular weight is 741 g/mol. The third kappa shape index (κ3) is 16.6. The minimum atomic E-state index is -0.623. The first-order chi connectivity index (χ1) is 25.7. The molecular weight excluding hydrogens is 677 g/mol. The summed E-state index contributed by atoms with van der Waals surface area (Å²) >= 11 is 0. The number of nitriles is 2. The molecule has 54 heavy (non-hydrogen) atoms. The lowest BCUT2D eigenvalue weighted by Crippen LogP contribution is -2.21. The third-order valence-electron chi connectivity index (χ3n) is 8.80. The molecule has 0 bridgehead atoms. The number of Topliss-reactive ketones (excluding diaryl/α,β-unsaturated/α-hetero) is 2. The van der Waals surface area contributed by atoms with Crippen molar-refractivity contribution in [3.05, 3.63) is 58.7 Å². The fraction of sp³-hybridized carbons (Fsp3) is 0.565. The van der Waals surface area contributed by atoms with Gasteiger partial charge in [0.15, 0.2) is 34.6 Å². The van der Waals surface area contributed by atoms with Crippen LogP contribution in [0.3, 0.4) is 0 Å². The summed E-state index contributed by atoms with van der Waals surface area (Å²) in [5.41, 5.74) is 0.491. The Labute approximate surface area is 325 Å². The van der Waals surface area contributed by atoms with Crippen LogP contribution in [-0.4, -0.2) is 38.0 Å². The highest BCUT2D eigenvalue weighted by atomic mass is 16.5. The topological polar surface area (TPSA) is 119 Å². The molecule has 2 rings (SSSR count). The van der Waals surface area contributed by atoms with Gasteiger partial charge in [0.2, 0.25) is 0 Å². The van der Waals surface area contributed by atoms with E-state index in [1.807, 2.05) is 104 Å². The van der Waals surface area contributed by atoms with E-state index in [4.69, 9.17) is 18.9 Å². The maximum atomic E-state index is 12.6. The van der Waals surface area contributed by atoms with Crippen molar-refractivity contribution >= 4 is 23.7 Å². The number of nitrogens with zero attached hydrogens (tertiary/aromatic N) is 2. The van der Waals surface area contributed by atoms with Gasteiger partial charge < -0.3 is 18.9 Å². The summed E-state index contributed by atoms with van der Waals surface area (Å²) < 4.78 is 23.7. The molecule has 294 valence electrons. The predicted octanol–water partition coefficient (Wildman–Crippen LogP) is 11.7. The lowest BCUT2D eigenvalue weighted by atomic mass is 9.86. The molecular formula is C46H64N2O6. The van der Waals surface area contributed by atoms with Crippen molar-refractivity contribution in [3.63, 3.8) is 0 Å². The van der Waals surface area contributed by atoms with Gasteiger partial charge in [0.1, 0.15) is 12.1 Å². The number of allylic oxidation sites excluding steroid dienone is 2. The molecule has 2 aromatic rings. The normalized spacial score (nSPS) is 12.1. The van der Waals surface area contributed by atoms with E-state index < -0.39 is 10.8 Å². The van der Waals surface area contributed by atoms with Crippen molar-refractivity contribution in [2.75, 3.05) is 26.4 Å². The molecule has 0 radical (unpaired) electrons. The highest BCUT2D eigenvalue weighted by Gasteiger charge is 2.26. The lowest BCUT2D eigenvalue weighted by Gasteiger charge is -2.16. The Morgan fingerprint density at radius 3 is 1.11 bits per heavy atom. The van der Waals surface area contributed by atoms with E-state index in [-0.39, 0.29) is 22.7 Å². The highest BCUT2D eigenvalue weighted by Crippen LogP contribution is 2.32. The van der Waals surface area contributed by atoms with Crippen LogP contribution in [0.25, 0.3) is 12.2 Å². The minimum absolute atomic E-state index is 0.133. The molecule has 0 unspecified atom stereocenters. The first-order valence-corrected chi connectivity index (χ1v) is 19.9. The summed E-state index contributed by atoms with van der Waals surface area (Å²) in [6, 6.07) is 15.2. The standard InChI is InChI=1S/C46H64N2O6/c1-9-51-41-31-35(29-37(33-47)43(49)45(3,4)5)23-25-39(41)53-27-21-19-17-15-13-11-12-14-16-18-20-22-28-54-40-26-24-36(32-42(40)52-10-2)30-38(34-48)44(50)46(6,7)8/h23-26,29-32H,9-22,27-28H2,1-8H3. The maximum absolute atomic E-state index is 12.6. The van der Waals surface area contributed by atoms with E-state index in [0.29, 0.717) is 49.4 Å². The first-order valence-electron chi connectivity index (χ1n) is 19.9. The molecule has 0 aliphatic carbocycles. The number of carbonyl (C=O) groups excluding carboxylic acids is 2. The number of unbranched alkanes of at least 4 members (excludes halogenated alkanes) is 11. The van der Waals surface area contributed by atoms with Gasteiger partial charge in [-0.05, 0) is 74.2 Å². The Bertz CT molecular complexity index is 1510. The Kier molecular flexibility index (Phi) is 20.2. The van der Waals surface area contributed by atoms with E-state index >= 15 is 0 Å². The maximum Gasteiger partial charge on any atom is 0.178 e. The zero-order chi connectivity index (χ0) is 40.0. The Morgan fingerprint density at radius 1 is 0.519 bits per heavy atom. The number of benzene rings is 2. The third-order valence-corrected chi connectivity index (χ3v) is 8.80. The molecule has 2 aromatic carbocycles. The second-order valence-corrected chi connectivity index (χ2v) is 15.7. The van der Waals surface area contributed by atoms with Crippen LogP contribution in [0.15, 0.2) is 47.5 Å². The van der Waals surface area contributed by atoms with E-state index in [2.05, 4.69) is 0 Å². The predicted molar refractivity (Wildman–Crippen MR) is 218 cm³/mol. The molecule has 0 saturated heterocycles. The van der Waals surface area contributed by atoms with Gasteiger partial charge in [0.25, 0.3) is 0 Å². The van der Waals surface area contributed by atoms with Crippen LogP contribution in [0.5, 0.6) is 23.0 Å². The quantitative estimate of drug-likeness (QED) is 0.0560. The fourth-order valence-electron chi connectivity index (χ4n) is 5.78. The highest BCUT2D eigenvalue weighted by molar-refractivity contribution is 6.06. The number of hydrogen-bond acceptors (Lipinski definition) is 8. The zero-order valence-corrected chi connectivity index (χ0v) is 34.3. The minimum Gasteiger partial charge on any atom is -0.490 e. The van der Waals surface area contributed by atoms with Crippen LogP contribution in [-0.2, 0) is 9.59 Å². The van der Waals surface area contributed by atoms with E-state index in [1.54, 1.807) is 12.2 Å². The van der Waals surface area contributed by atoms with Gasteiger partial charge in [-0.15, -0.1) is 0 Å². The molecule has 8 nitrogen and oxygen atoms in total. The molecule has 0 fully saturated rings. The van der Waals surface area contributed by atoms with Gasteiger partial charge in [-0.25, -0.2) is 0 Å². The smallest absolute Gasteiger partial charge is 0.178 e. The van der Waals surface area contributed by atoms with Gasteiger partial charge in [0, 0.05) is 10.8 Å². The molecule has 0 aliphatic heterocycles.